The van der Waals surface area contributed by atoms with E-state index in [4.69, 9.17) is 0 Å². The molecule has 0 spiro atoms. The van der Waals surface area contributed by atoms with Crippen LogP contribution in [0.1, 0.15) is 25.0 Å². The lowest BCUT2D eigenvalue weighted by Gasteiger charge is -2.15. The van der Waals surface area contributed by atoms with Gasteiger partial charge in [-0.25, -0.2) is 4.98 Å². The average Bonchev–Trinajstić information content (AvgIpc) is 2.62. The van der Waals surface area contributed by atoms with E-state index in [2.05, 4.69) is 57.0 Å². The Hall–Kier alpha value is -2.36. The molecule has 8 heteroatoms. The van der Waals surface area contributed by atoms with E-state index in [0.29, 0.717) is 17.3 Å². The molecule has 3 rings (SSSR count). The van der Waals surface area contributed by atoms with Crippen LogP contribution in [0.25, 0.3) is 0 Å². The van der Waals surface area contributed by atoms with Crippen LogP contribution < -0.4 is 10.6 Å². The Kier molecular flexibility index (Phi) is 6.61. The van der Waals surface area contributed by atoms with Gasteiger partial charge in [0.25, 0.3) is 0 Å². The summed E-state index contributed by atoms with van der Waals surface area (Å²) in [5, 5.41) is 5.76. The summed E-state index contributed by atoms with van der Waals surface area (Å²) >= 11 is 2.17. The van der Waals surface area contributed by atoms with Gasteiger partial charge in [0, 0.05) is 21.1 Å². The molecule has 4 nitrogen and oxygen atoms in total. The Balaban J connectivity index is 1.91. The summed E-state index contributed by atoms with van der Waals surface area (Å²) in [7, 11) is 0. The second-order valence-corrected chi connectivity index (χ2v) is 8.25. The van der Waals surface area contributed by atoms with Gasteiger partial charge in [0.2, 0.25) is 5.95 Å². The lowest BCUT2D eigenvalue weighted by Crippen LogP contribution is -2.12. The van der Waals surface area contributed by atoms with Gasteiger partial charge in [0.1, 0.15) is 11.4 Å². The number of rotatable bonds is 6. The number of hydrogen-bond donors (Lipinski definition) is 2. The minimum atomic E-state index is -4.57. The van der Waals surface area contributed by atoms with Crippen molar-refractivity contribution in [3.63, 3.8) is 0 Å². The van der Waals surface area contributed by atoms with E-state index < -0.39 is 11.7 Å². The first-order valence-corrected chi connectivity index (χ1v) is 10.1. The summed E-state index contributed by atoms with van der Waals surface area (Å²) in [4.78, 5) is 7.93. The van der Waals surface area contributed by atoms with E-state index in [0.717, 1.165) is 21.8 Å². The topological polar surface area (TPSA) is 49.8 Å². The van der Waals surface area contributed by atoms with Crippen LogP contribution >= 0.6 is 22.6 Å². The summed E-state index contributed by atoms with van der Waals surface area (Å²) in [6, 6.07) is 14.7. The molecule has 3 aromatic rings. The molecule has 0 amide bonds. The van der Waals surface area contributed by atoms with Crippen molar-refractivity contribution in [2.45, 2.75) is 26.4 Å². The largest absolute Gasteiger partial charge is 0.421 e. The summed E-state index contributed by atoms with van der Waals surface area (Å²) in [6.45, 7) is 4.18. The Bertz CT molecular complexity index is 972. The number of alkyl halides is 3. The second-order valence-electron chi connectivity index (χ2n) is 7.01. The third-order valence-corrected chi connectivity index (χ3v) is 4.75. The van der Waals surface area contributed by atoms with Crippen LogP contribution in [0.5, 0.6) is 0 Å². The minimum Gasteiger partial charge on any atom is -0.340 e. The molecule has 2 aromatic carbocycles. The Morgan fingerprint density at radius 3 is 2.38 bits per heavy atom. The number of hydrogen-bond acceptors (Lipinski definition) is 4. The minimum absolute atomic E-state index is 0.0834. The smallest absolute Gasteiger partial charge is 0.340 e. The fourth-order valence-electron chi connectivity index (χ4n) is 2.79. The van der Waals surface area contributed by atoms with Crippen LogP contribution in [0.3, 0.4) is 0 Å². The van der Waals surface area contributed by atoms with E-state index >= 15 is 0 Å². The van der Waals surface area contributed by atoms with E-state index in [9.17, 15) is 13.2 Å². The van der Waals surface area contributed by atoms with Crippen molar-refractivity contribution in [1.29, 1.82) is 0 Å². The summed E-state index contributed by atoms with van der Waals surface area (Å²) in [5.41, 5.74) is 1.37. The normalized spacial score (nSPS) is 11.6. The number of halogens is 4. The lowest BCUT2D eigenvalue weighted by atomic mass is 10.0. The highest BCUT2D eigenvalue weighted by atomic mass is 127. The average molecular weight is 512 g/mol. The predicted octanol–water partition coefficient (Wildman–Crippen LogP) is 6.79. The van der Waals surface area contributed by atoms with Gasteiger partial charge in [-0.05, 0) is 76.9 Å². The van der Waals surface area contributed by atoms with Crippen LogP contribution in [-0.2, 0) is 12.6 Å². The van der Waals surface area contributed by atoms with E-state index in [1.54, 1.807) is 6.07 Å². The molecular formula is C21H20F3IN4. The first kappa shape index (κ1) is 21.4. The molecule has 0 saturated heterocycles. The molecule has 0 bridgehead atoms. The highest BCUT2D eigenvalue weighted by Gasteiger charge is 2.35. The third-order valence-electron chi connectivity index (χ3n) is 4.03. The van der Waals surface area contributed by atoms with Gasteiger partial charge in [0.05, 0.1) is 0 Å². The van der Waals surface area contributed by atoms with Crippen LogP contribution in [0.4, 0.5) is 36.3 Å². The van der Waals surface area contributed by atoms with Crippen LogP contribution in [0.15, 0.2) is 54.7 Å². The highest BCUT2D eigenvalue weighted by molar-refractivity contribution is 14.1. The van der Waals surface area contributed by atoms with Crippen molar-refractivity contribution in [3.8, 4) is 0 Å². The fourth-order valence-corrected chi connectivity index (χ4v) is 3.15. The molecule has 2 N–H and O–H groups in total. The Labute approximate surface area is 181 Å². The van der Waals surface area contributed by atoms with Gasteiger partial charge in [-0.3, -0.25) is 0 Å². The van der Waals surface area contributed by atoms with E-state index in [1.807, 2.05) is 42.5 Å². The molecule has 0 saturated carbocycles. The first-order chi connectivity index (χ1) is 13.7. The molecular weight excluding hydrogens is 492 g/mol. The number of anilines is 4. The first-order valence-electron chi connectivity index (χ1n) is 9.03. The van der Waals surface area contributed by atoms with Gasteiger partial charge in [-0.2, -0.15) is 18.2 Å². The second kappa shape index (κ2) is 8.98. The van der Waals surface area contributed by atoms with Gasteiger partial charge in [-0.1, -0.05) is 26.0 Å². The zero-order valence-electron chi connectivity index (χ0n) is 15.9. The molecule has 0 radical (unpaired) electrons. The van der Waals surface area contributed by atoms with Crippen LogP contribution in [0, 0.1) is 9.49 Å². The van der Waals surface area contributed by atoms with Gasteiger partial charge in [0.15, 0.2) is 0 Å². The molecule has 0 aliphatic heterocycles. The molecule has 29 heavy (non-hydrogen) atoms. The summed E-state index contributed by atoms with van der Waals surface area (Å²) in [5.74, 6) is 0.238. The van der Waals surface area contributed by atoms with Crippen molar-refractivity contribution in [3.05, 3.63) is 69.4 Å². The van der Waals surface area contributed by atoms with Gasteiger partial charge in [-0.15, -0.1) is 0 Å². The quantitative estimate of drug-likeness (QED) is 0.358. The summed E-state index contributed by atoms with van der Waals surface area (Å²) < 4.78 is 41.4. The number of aromatic nitrogens is 2. The van der Waals surface area contributed by atoms with Crippen LogP contribution in [0.2, 0.25) is 0 Å². The third kappa shape index (κ3) is 6.06. The van der Waals surface area contributed by atoms with E-state index in [1.165, 1.54) is 0 Å². The highest BCUT2D eigenvalue weighted by Crippen LogP contribution is 2.35. The van der Waals surface area contributed by atoms with Crippen molar-refractivity contribution in [2.24, 2.45) is 5.92 Å². The maximum absolute atomic E-state index is 13.5. The predicted molar refractivity (Wildman–Crippen MR) is 118 cm³/mol. The molecule has 0 aliphatic rings. The maximum atomic E-state index is 13.5. The van der Waals surface area contributed by atoms with Crippen molar-refractivity contribution >= 4 is 45.7 Å². The van der Waals surface area contributed by atoms with Crippen LogP contribution in [-0.4, -0.2) is 9.97 Å². The number of nitrogens with zero attached hydrogens (tertiary/aromatic N) is 2. The standard InChI is InChI=1S/C21H20F3IN4/c1-13(2)10-14-4-3-5-17(11-14)27-19-18(21(22,23)24)12-26-20(29-19)28-16-8-6-15(25)7-9-16/h3-9,11-13H,10H2,1-2H3,(H2,26,27,28,29). The molecule has 1 heterocycles. The molecule has 152 valence electrons. The zero-order valence-corrected chi connectivity index (χ0v) is 18.0. The van der Waals surface area contributed by atoms with E-state index in [-0.39, 0.29) is 11.8 Å². The maximum Gasteiger partial charge on any atom is 0.421 e. The fraction of sp³-hybridized carbons (Fsp3) is 0.238. The monoisotopic (exact) mass is 512 g/mol. The number of benzene rings is 2. The Morgan fingerprint density at radius 1 is 1.00 bits per heavy atom. The molecule has 0 aliphatic carbocycles. The SMILES string of the molecule is CC(C)Cc1cccc(Nc2nc(Nc3ccc(I)cc3)ncc2C(F)(F)F)c1. The van der Waals surface area contributed by atoms with Gasteiger partial charge >= 0.3 is 6.18 Å². The van der Waals surface area contributed by atoms with Crippen molar-refractivity contribution < 1.29 is 13.2 Å². The van der Waals surface area contributed by atoms with Crippen molar-refractivity contribution in [2.75, 3.05) is 10.6 Å². The summed E-state index contributed by atoms with van der Waals surface area (Å²) in [6.07, 6.45) is -2.94. The van der Waals surface area contributed by atoms with Crippen molar-refractivity contribution in [1.82, 2.24) is 9.97 Å². The molecule has 0 unspecified atom stereocenters. The van der Waals surface area contributed by atoms with Gasteiger partial charge < -0.3 is 10.6 Å². The zero-order chi connectivity index (χ0) is 21.0. The molecule has 1 aromatic heterocycles. The number of nitrogens with one attached hydrogen (secondary N) is 2. The lowest BCUT2D eigenvalue weighted by molar-refractivity contribution is -0.137. The molecule has 0 atom stereocenters. The Morgan fingerprint density at radius 2 is 1.72 bits per heavy atom. The molecule has 0 fully saturated rings.